The van der Waals surface area contributed by atoms with Crippen molar-refractivity contribution in [1.82, 2.24) is 8.87 Å². The highest BCUT2D eigenvalue weighted by Crippen LogP contribution is 2.21. The predicted molar refractivity (Wildman–Crippen MR) is 127 cm³/mol. The van der Waals surface area contributed by atoms with Crippen molar-refractivity contribution in [3.63, 3.8) is 0 Å². The summed E-state index contributed by atoms with van der Waals surface area (Å²) in [5.74, 6) is -0.925. The van der Waals surface area contributed by atoms with Gasteiger partial charge in [0.1, 0.15) is 5.82 Å². The van der Waals surface area contributed by atoms with Crippen LogP contribution in [0.25, 0.3) is 10.2 Å². The maximum absolute atomic E-state index is 14.5. The van der Waals surface area contributed by atoms with Gasteiger partial charge in [-0.2, -0.15) is 4.99 Å². The van der Waals surface area contributed by atoms with E-state index < -0.39 is 21.7 Å². The Morgan fingerprint density at radius 2 is 1.91 bits per heavy atom. The molecule has 0 unspecified atom stereocenters. The molecule has 7 nitrogen and oxygen atoms in total. The Balaban J connectivity index is 1.92. The Kier molecular flexibility index (Phi) is 8.52. The number of halogens is 1. The molecule has 0 aliphatic carbocycles. The summed E-state index contributed by atoms with van der Waals surface area (Å²) in [5.41, 5.74) is 0.629. The molecule has 3 rings (SSSR count). The second-order valence-electron chi connectivity index (χ2n) is 7.44. The van der Waals surface area contributed by atoms with Crippen LogP contribution in [0.4, 0.5) is 4.39 Å². The first-order valence-corrected chi connectivity index (χ1v) is 13.1. The third kappa shape index (κ3) is 5.75. The summed E-state index contributed by atoms with van der Waals surface area (Å²) < 4.78 is 48.9. The minimum atomic E-state index is -3.62. The van der Waals surface area contributed by atoms with Crippen molar-refractivity contribution >= 4 is 37.5 Å². The smallest absolute Gasteiger partial charge is 0.279 e. The van der Waals surface area contributed by atoms with Crippen molar-refractivity contribution in [3.8, 4) is 0 Å². The van der Waals surface area contributed by atoms with Crippen molar-refractivity contribution in [1.29, 1.82) is 0 Å². The number of carbonyl (C=O) groups is 1. The average molecular weight is 494 g/mol. The zero-order chi connectivity index (χ0) is 24.0. The maximum atomic E-state index is 14.5. The van der Waals surface area contributed by atoms with E-state index in [1.54, 1.807) is 23.7 Å². The lowest BCUT2D eigenvalue weighted by Crippen LogP contribution is -2.27. The lowest BCUT2D eigenvalue weighted by atomic mass is 10.2. The largest absolute Gasteiger partial charge is 0.380 e. The molecule has 178 valence electrons. The molecule has 0 bridgehead atoms. The fourth-order valence-corrected chi connectivity index (χ4v) is 5.56. The van der Waals surface area contributed by atoms with Crippen LogP contribution in [0.2, 0.25) is 0 Å². The molecule has 0 atom stereocenters. The highest BCUT2D eigenvalue weighted by atomic mass is 32.2. The van der Waals surface area contributed by atoms with Crippen molar-refractivity contribution in [2.75, 3.05) is 26.8 Å². The first kappa shape index (κ1) is 25.2. The van der Waals surface area contributed by atoms with Gasteiger partial charge in [-0.1, -0.05) is 30.7 Å². The third-order valence-electron chi connectivity index (χ3n) is 5.15. The molecule has 1 amide bonds. The third-order valence-corrected chi connectivity index (χ3v) is 8.06. The predicted octanol–water partition coefficient (Wildman–Crippen LogP) is 4.04. The molecule has 0 saturated heterocycles. The van der Waals surface area contributed by atoms with Gasteiger partial charge in [0.15, 0.2) is 4.80 Å². The quantitative estimate of drug-likeness (QED) is 0.399. The topological polar surface area (TPSA) is 81.0 Å². The number of para-hydroxylation sites is 1. The summed E-state index contributed by atoms with van der Waals surface area (Å²) in [6.07, 6.45) is 1.66. The minimum Gasteiger partial charge on any atom is -0.380 e. The molecule has 0 spiro atoms. The lowest BCUT2D eigenvalue weighted by molar-refractivity contribution is 0.0996. The van der Waals surface area contributed by atoms with E-state index in [0.717, 1.165) is 12.8 Å². The average Bonchev–Trinajstić information content (AvgIpc) is 3.15. The van der Waals surface area contributed by atoms with E-state index in [4.69, 9.17) is 4.74 Å². The number of thiazole rings is 1. The number of fused-ring (bicyclic) bond motifs is 1. The zero-order valence-electron chi connectivity index (χ0n) is 19.0. The number of hydrogen-bond donors (Lipinski definition) is 0. The van der Waals surface area contributed by atoms with Gasteiger partial charge >= 0.3 is 0 Å². The van der Waals surface area contributed by atoms with Gasteiger partial charge in [-0.25, -0.2) is 17.1 Å². The van der Waals surface area contributed by atoms with Gasteiger partial charge in [0, 0.05) is 32.3 Å². The first-order valence-electron chi connectivity index (χ1n) is 10.8. The van der Waals surface area contributed by atoms with E-state index in [9.17, 15) is 17.6 Å². The fourth-order valence-electron chi connectivity index (χ4n) is 3.28. The second kappa shape index (κ2) is 11.1. The summed E-state index contributed by atoms with van der Waals surface area (Å²) in [7, 11) is -2.08. The number of amides is 1. The number of aromatic nitrogens is 1. The molecule has 0 aliphatic heterocycles. The molecule has 0 aliphatic rings. The molecule has 10 heteroatoms. The Hall–Kier alpha value is -2.40. The van der Waals surface area contributed by atoms with Crippen LogP contribution in [-0.2, 0) is 21.3 Å². The van der Waals surface area contributed by atoms with Gasteiger partial charge in [0.05, 0.1) is 21.7 Å². The number of hydrogen-bond acceptors (Lipinski definition) is 5. The van der Waals surface area contributed by atoms with E-state index in [0.29, 0.717) is 41.3 Å². The van der Waals surface area contributed by atoms with Crippen LogP contribution >= 0.6 is 11.3 Å². The van der Waals surface area contributed by atoms with E-state index >= 15 is 0 Å². The monoisotopic (exact) mass is 493 g/mol. The number of benzene rings is 2. The molecule has 0 saturated carbocycles. The van der Waals surface area contributed by atoms with Crippen LogP contribution in [0.3, 0.4) is 0 Å². The highest BCUT2D eigenvalue weighted by molar-refractivity contribution is 7.89. The Labute approximate surface area is 197 Å². The van der Waals surface area contributed by atoms with Gasteiger partial charge in [0.2, 0.25) is 10.0 Å². The summed E-state index contributed by atoms with van der Waals surface area (Å²) >= 11 is 1.22. The van der Waals surface area contributed by atoms with Crippen LogP contribution in [0.15, 0.2) is 52.4 Å². The number of sulfonamides is 1. The fraction of sp³-hybridized carbons (Fsp3) is 0.391. The molecule has 0 fully saturated rings. The first-order chi connectivity index (χ1) is 15.8. The van der Waals surface area contributed by atoms with Crippen LogP contribution in [-0.4, -0.2) is 50.0 Å². The molecule has 1 heterocycles. The maximum Gasteiger partial charge on any atom is 0.279 e. The molecular weight excluding hydrogens is 465 g/mol. The van der Waals surface area contributed by atoms with Crippen LogP contribution in [0, 0.1) is 5.82 Å². The van der Waals surface area contributed by atoms with Crippen LogP contribution in [0.1, 0.15) is 37.0 Å². The number of carbonyl (C=O) groups excluding carboxylic acids is 1. The number of rotatable bonds is 10. The van der Waals surface area contributed by atoms with Gasteiger partial charge in [-0.05, 0) is 49.7 Å². The molecule has 0 radical (unpaired) electrons. The van der Waals surface area contributed by atoms with E-state index in [1.165, 1.54) is 46.0 Å². The summed E-state index contributed by atoms with van der Waals surface area (Å²) in [4.78, 5) is 17.5. The van der Waals surface area contributed by atoms with Gasteiger partial charge in [0.25, 0.3) is 5.91 Å². The molecular formula is C23H28FN3O4S2. The SMILES string of the molecule is CCCCN(C)S(=O)(=O)c1ccc(C(=O)N=c2sc3cccc(F)c3n2CCOCC)cc1. The summed E-state index contributed by atoms with van der Waals surface area (Å²) in [6.45, 7) is 5.53. The molecule has 1 aromatic heterocycles. The van der Waals surface area contributed by atoms with Gasteiger partial charge < -0.3 is 9.30 Å². The molecule has 2 aromatic carbocycles. The standard InChI is InChI=1S/C23H28FN3O4S2/c1-4-6-14-26(3)33(29,30)18-12-10-17(11-13-18)22(28)25-23-27(15-16-31-5-2)21-19(24)8-7-9-20(21)32-23/h7-13H,4-6,14-16H2,1-3H3. The number of nitrogens with zero attached hydrogens (tertiary/aromatic N) is 3. The van der Waals surface area contributed by atoms with Gasteiger partial charge in [-0.3, -0.25) is 4.79 Å². The van der Waals surface area contributed by atoms with Crippen LogP contribution < -0.4 is 4.80 Å². The summed E-state index contributed by atoms with van der Waals surface area (Å²) in [5, 5.41) is 0. The molecule has 0 N–H and O–H groups in total. The zero-order valence-corrected chi connectivity index (χ0v) is 20.6. The second-order valence-corrected chi connectivity index (χ2v) is 10.5. The van der Waals surface area contributed by atoms with Crippen LogP contribution in [0.5, 0.6) is 0 Å². The lowest BCUT2D eigenvalue weighted by Gasteiger charge is -2.16. The normalized spacial score (nSPS) is 12.7. The number of ether oxygens (including phenoxy) is 1. The minimum absolute atomic E-state index is 0.119. The van der Waals surface area contributed by atoms with E-state index in [1.807, 2.05) is 13.8 Å². The van der Waals surface area contributed by atoms with Crippen molar-refractivity contribution in [3.05, 3.63) is 58.6 Å². The Morgan fingerprint density at radius 1 is 1.18 bits per heavy atom. The number of unbranched alkanes of at least 4 members (excludes halogenated alkanes) is 1. The Bertz CT molecular complexity index is 1280. The molecule has 3 aromatic rings. The van der Waals surface area contributed by atoms with Crippen molar-refractivity contribution in [2.24, 2.45) is 4.99 Å². The van der Waals surface area contributed by atoms with Crippen molar-refractivity contribution in [2.45, 2.75) is 38.1 Å². The highest BCUT2D eigenvalue weighted by Gasteiger charge is 2.20. The Morgan fingerprint density at radius 3 is 2.58 bits per heavy atom. The van der Waals surface area contributed by atoms with E-state index in [-0.39, 0.29) is 10.5 Å². The van der Waals surface area contributed by atoms with E-state index in [2.05, 4.69) is 4.99 Å². The van der Waals surface area contributed by atoms with Crippen molar-refractivity contribution < 1.29 is 22.3 Å². The molecule has 33 heavy (non-hydrogen) atoms. The summed E-state index contributed by atoms with van der Waals surface area (Å²) in [6, 6.07) is 10.5. The van der Waals surface area contributed by atoms with Gasteiger partial charge in [-0.15, -0.1) is 0 Å².